The molecular formula is C16H25N3O2. The summed E-state index contributed by atoms with van der Waals surface area (Å²) in [6.45, 7) is 9.26. The molecule has 116 valence electrons. The highest BCUT2D eigenvalue weighted by atomic mass is 16.5. The second-order valence-electron chi connectivity index (χ2n) is 6.58. The Morgan fingerprint density at radius 3 is 2.95 bits per heavy atom. The van der Waals surface area contributed by atoms with Crippen LogP contribution in [-0.2, 0) is 0 Å². The summed E-state index contributed by atoms with van der Waals surface area (Å²) in [7, 11) is 0. The van der Waals surface area contributed by atoms with Gasteiger partial charge in [0.1, 0.15) is 5.76 Å². The number of carbonyl (C=O) groups excluding carboxylic acids is 1. The second-order valence-corrected chi connectivity index (χ2v) is 6.58. The molecule has 21 heavy (non-hydrogen) atoms. The minimum Gasteiger partial charge on any atom is -0.360 e. The maximum absolute atomic E-state index is 12.8. The average molecular weight is 291 g/mol. The molecule has 0 saturated carbocycles. The summed E-state index contributed by atoms with van der Waals surface area (Å²) < 4.78 is 5.29. The quantitative estimate of drug-likeness (QED) is 0.858. The van der Waals surface area contributed by atoms with E-state index in [4.69, 9.17) is 4.52 Å². The molecule has 2 atom stereocenters. The Morgan fingerprint density at radius 1 is 1.48 bits per heavy atom. The van der Waals surface area contributed by atoms with Gasteiger partial charge in [-0.3, -0.25) is 9.69 Å². The van der Waals surface area contributed by atoms with Crippen molar-refractivity contribution in [1.29, 1.82) is 0 Å². The highest BCUT2D eigenvalue weighted by Gasteiger charge is 2.38. The van der Waals surface area contributed by atoms with Gasteiger partial charge < -0.3 is 9.42 Å². The normalized spacial score (nSPS) is 26.4. The van der Waals surface area contributed by atoms with E-state index in [1.54, 1.807) is 6.07 Å². The van der Waals surface area contributed by atoms with Gasteiger partial charge >= 0.3 is 0 Å². The summed E-state index contributed by atoms with van der Waals surface area (Å²) in [4.78, 5) is 17.3. The lowest BCUT2D eigenvalue weighted by atomic mass is 10.0. The molecule has 1 aromatic rings. The molecule has 0 spiro atoms. The first-order valence-electron chi connectivity index (χ1n) is 8.11. The molecular weight excluding hydrogens is 266 g/mol. The van der Waals surface area contributed by atoms with Gasteiger partial charge in [0.25, 0.3) is 5.91 Å². The Bertz CT molecular complexity index is 511. The summed E-state index contributed by atoms with van der Waals surface area (Å²) in [5.41, 5.74) is 0.462. The van der Waals surface area contributed by atoms with E-state index in [-0.39, 0.29) is 11.8 Å². The van der Waals surface area contributed by atoms with Crippen molar-refractivity contribution in [3.05, 3.63) is 17.5 Å². The summed E-state index contributed by atoms with van der Waals surface area (Å²) >= 11 is 0. The van der Waals surface area contributed by atoms with Crippen molar-refractivity contribution in [2.75, 3.05) is 19.6 Å². The number of piperazine rings is 1. The zero-order valence-electron chi connectivity index (χ0n) is 13.2. The number of carbonyl (C=O) groups is 1. The Hall–Kier alpha value is -1.36. The maximum Gasteiger partial charge on any atom is 0.276 e. The zero-order chi connectivity index (χ0) is 15.0. The molecule has 2 aliphatic rings. The molecule has 2 aliphatic heterocycles. The predicted octanol–water partition coefficient (Wildman–Crippen LogP) is 2.50. The van der Waals surface area contributed by atoms with Crippen molar-refractivity contribution in [1.82, 2.24) is 15.0 Å². The summed E-state index contributed by atoms with van der Waals surface area (Å²) in [5, 5.41) is 3.99. The molecule has 0 radical (unpaired) electrons. The number of aromatic nitrogens is 1. The molecule has 0 bridgehead atoms. The van der Waals surface area contributed by atoms with Crippen LogP contribution >= 0.6 is 0 Å². The van der Waals surface area contributed by atoms with Gasteiger partial charge in [-0.2, -0.15) is 0 Å². The van der Waals surface area contributed by atoms with Crippen LogP contribution < -0.4 is 0 Å². The number of rotatable bonds is 3. The monoisotopic (exact) mass is 291 g/mol. The molecule has 1 amide bonds. The maximum atomic E-state index is 12.8. The van der Waals surface area contributed by atoms with E-state index in [0.29, 0.717) is 17.8 Å². The fourth-order valence-electron chi connectivity index (χ4n) is 3.50. The van der Waals surface area contributed by atoms with Crippen molar-refractivity contribution in [2.45, 2.75) is 58.0 Å². The third-order valence-corrected chi connectivity index (χ3v) is 4.84. The first-order chi connectivity index (χ1) is 10.1. The molecule has 5 heteroatoms. The smallest absolute Gasteiger partial charge is 0.276 e. The minimum absolute atomic E-state index is 0.0315. The molecule has 5 nitrogen and oxygen atoms in total. The van der Waals surface area contributed by atoms with Gasteiger partial charge in [0.05, 0.1) is 0 Å². The van der Waals surface area contributed by atoms with Crippen molar-refractivity contribution in [3.63, 3.8) is 0 Å². The van der Waals surface area contributed by atoms with Gasteiger partial charge in [-0.15, -0.1) is 0 Å². The Labute approximate surface area is 126 Å². The van der Waals surface area contributed by atoms with Gasteiger partial charge in [-0.1, -0.05) is 25.9 Å². The van der Waals surface area contributed by atoms with Crippen LogP contribution in [0.5, 0.6) is 0 Å². The lowest BCUT2D eigenvalue weighted by molar-refractivity contribution is 0.0337. The first kappa shape index (κ1) is 14.6. The predicted molar refractivity (Wildman–Crippen MR) is 80.3 cm³/mol. The van der Waals surface area contributed by atoms with Gasteiger partial charge in [-0.05, 0) is 25.8 Å². The van der Waals surface area contributed by atoms with Crippen molar-refractivity contribution in [3.8, 4) is 0 Å². The van der Waals surface area contributed by atoms with Gasteiger partial charge in [0.2, 0.25) is 0 Å². The van der Waals surface area contributed by atoms with Gasteiger partial charge in [0.15, 0.2) is 5.69 Å². The van der Waals surface area contributed by atoms with Crippen LogP contribution in [0, 0.1) is 0 Å². The van der Waals surface area contributed by atoms with Crippen molar-refractivity contribution >= 4 is 5.91 Å². The number of hydrogen-bond donors (Lipinski definition) is 0. The van der Waals surface area contributed by atoms with E-state index in [1.165, 1.54) is 19.4 Å². The largest absolute Gasteiger partial charge is 0.360 e. The fraction of sp³-hybridized carbons (Fsp3) is 0.750. The number of nitrogens with zero attached hydrogens (tertiary/aromatic N) is 3. The topological polar surface area (TPSA) is 49.6 Å². The number of hydrogen-bond acceptors (Lipinski definition) is 4. The molecule has 2 saturated heterocycles. The molecule has 0 N–H and O–H groups in total. The van der Waals surface area contributed by atoms with Gasteiger partial charge in [0, 0.05) is 37.2 Å². The third-order valence-electron chi connectivity index (χ3n) is 4.84. The molecule has 3 heterocycles. The van der Waals surface area contributed by atoms with E-state index < -0.39 is 0 Å². The number of fused-ring (bicyclic) bond motifs is 1. The Kier molecular flexibility index (Phi) is 4.02. The standard InChI is InChI=1S/C16H25N3O2/c1-4-12-9-18-7-5-6-13(18)10-19(12)16(20)14-8-15(11(2)3)21-17-14/h8,11-13H,4-7,9-10H2,1-3H3/t12-,13+/m0/s1. The van der Waals surface area contributed by atoms with Crippen molar-refractivity contribution in [2.24, 2.45) is 0 Å². The van der Waals surface area contributed by atoms with E-state index in [0.717, 1.165) is 25.3 Å². The van der Waals surface area contributed by atoms with Crippen LogP contribution in [-0.4, -0.2) is 52.6 Å². The number of amides is 1. The van der Waals surface area contributed by atoms with Crippen molar-refractivity contribution < 1.29 is 9.32 Å². The SMILES string of the molecule is CC[C@H]1CN2CCC[C@@H]2CN1C(=O)c1cc(C(C)C)on1. The van der Waals surface area contributed by atoms with E-state index in [2.05, 4.69) is 17.0 Å². The van der Waals surface area contributed by atoms with Crippen LogP contribution in [0.25, 0.3) is 0 Å². The highest BCUT2D eigenvalue weighted by molar-refractivity contribution is 5.92. The van der Waals surface area contributed by atoms with E-state index >= 15 is 0 Å². The third kappa shape index (κ3) is 2.71. The molecule has 3 rings (SSSR count). The van der Waals surface area contributed by atoms with Crippen LogP contribution in [0.3, 0.4) is 0 Å². The molecule has 0 aromatic carbocycles. The summed E-state index contributed by atoms with van der Waals surface area (Å²) in [5.74, 6) is 1.07. The minimum atomic E-state index is 0.0315. The first-order valence-corrected chi connectivity index (χ1v) is 8.11. The second kappa shape index (κ2) is 5.79. The van der Waals surface area contributed by atoms with Crippen LogP contribution in [0.2, 0.25) is 0 Å². The fourth-order valence-corrected chi connectivity index (χ4v) is 3.50. The Morgan fingerprint density at radius 2 is 2.29 bits per heavy atom. The molecule has 1 aromatic heterocycles. The lowest BCUT2D eigenvalue weighted by Gasteiger charge is -2.43. The highest BCUT2D eigenvalue weighted by Crippen LogP contribution is 2.27. The Balaban J connectivity index is 1.78. The van der Waals surface area contributed by atoms with Gasteiger partial charge in [-0.25, -0.2) is 0 Å². The lowest BCUT2D eigenvalue weighted by Crippen LogP contribution is -2.57. The molecule has 0 unspecified atom stereocenters. The summed E-state index contributed by atoms with van der Waals surface area (Å²) in [6, 6.07) is 2.64. The van der Waals surface area contributed by atoms with E-state index in [1.807, 2.05) is 18.7 Å². The van der Waals surface area contributed by atoms with Crippen LogP contribution in [0.15, 0.2) is 10.6 Å². The summed E-state index contributed by atoms with van der Waals surface area (Å²) in [6.07, 6.45) is 3.45. The van der Waals surface area contributed by atoms with E-state index in [9.17, 15) is 4.79 Å². The average Bonchev–Trinajstić information content (AvgIpc) is 3.13. The molecule has 0 aliphatic carbocycles. The molecule has 2 fully saturated rings. The van der Waals surface area contributed by atoms with Crippen LogP contribution in [0.4, 0.5) is 0 Å². The van der Waals surface area contributed by atoms with Crippen LogP contribution in [0.1, 0.15) is 62.2 Å². The zero-order valence-corrected chi connectivity index (χ0v) is 13.2.